The molecule has 0 fully saturated rings. The summed E-state index contributed by atoms with van der Waals surface area (Å²) in [5, 5.41) is 4.06. The van der Waals surface area contributed by atoms with Crippen molar-refractivity contribution in [2.45, 2.75) is 39.7 Å². The molecule has 0 radical (unpaired) electrons. The van der Waals surface area contributed by atoms with Gasteiger partial charge in [0.25, 0.3) is 0 Å². The summed E-state index contributed by atoms with van der Waals surface area (Å²) in [6.45, 7) is 8.25. The van der Waals surface area contributed by atoms with Crippen LogP contribution in [0.3, 0.4) is 0 Å². The molecule has 102 valence electrons. The number of hydrogen-bond donors (Lipinski definition) is 1. The molecule has 0 aliphatic carbocycles. The number of aromatic nitrogens is 2. The minimum Gasteiger partial charge on any atom is -0.339 e. The lowest BCUT2D eigenvalue weighted by atomic mass is 9.90. The molecule has 0 spiro atoms. The average Bonchev–Trinajstić information content (AvgIpc) is 2.78. The van der Waals surface area contributed by atoms with Crippen LogP contribution in [0.2, 0.25) is 0 Å². The molecule has 0 aliphatic rings. The first-order valence-electron chi connectivity index (χ1n) is 6.65. The van der Waals surface area contributed by atoms with E-state index in [-0.39, 0.29) is 12.0 Å². The Morgan fingerprint density at radius 3 is 2.26 bits per heavy atom. The number of rotatable bonds is 4. The van der Waals surface area contributed by atoms with Crippen molar-refractivity contribution in [2.75, 3.05) is 0 Å². The number of hydrogen-bond acceptors (Lipinski definition) is 4. The van der Waals surface area contributed by atoms with Crippen molar-refractivity contribution >= 4 is 0 Å². The zero-order valence-corrected chi connectivity index (χ0v) is 11.9. The highest BCUT2D eigenvalue weighted by atomic mass is 16.5. The van der Waals surface area contributed by atoms with Crippen LogP contribution in [0.25, 0.3) is 11.4 Å². The molecule has 4 nitrogen and oxygen atoms in total. The summed E-state index contributed by atoms with van der Waals surface area (Å²) in [7, 11) is 0. The number of benzene rings is 1. The molecular formula is C15H21N3O. The van der Waals surface area contributed by atoms with Gasteiger partial charge in [-0.15, -0.1) is 0 Å². The van der Waals surface area contributed by atoms with Gasteiger partial charge in [0.1, 0.15) is 0 Å². The third-order valence-corrected chi connectivity index (χ3v) is 3.32. The zero-order valence-electron chi connectivity index (χ0n) is 11.9. The van der Waals surface area contributed by atoms with Crippen LogP contribution in [-0.4, -0.2) is 16.2 Å². The molecule has 0 amide bonds. The molecule has 1 aromatic heterocycles. The van der Waals surface area contributed by atoms with Crippen molar-refractivity contribution in [1.29, 1.82) is 0 Å². The Kier molecular flexibility index (Phi) is 4.00. The predicted octanol–water partition coefficient (Wildman–Crippen LogP) is 3.13. The average molecular weight is 259 g/mol. The molecule has 1 heterocycles. The molecule has 0 saturated carbocycles. The Labute approximate surface area is 114 Å². The molecule has 4 heteroatoms. The molecule has 1 aromatic carbocycles. The maximum Gasteiger partial charge on any atom is 0.231 e. The molecular weight excluding hydrogens is 238 g/mol. The van der Waals surface area contributed by atoms with Gasteiger partial charge in [-0.3, -0.25) is 0 Å². The largest absolute Gasteiger partial charge is 0.339 e. The Bertz CT molecular complexity index is 521. The van der Waals surface area contributed by atoms with Crippen LogP contribution in [0.4, 0.5) is 0 Å². The summed E-state index contributed by atoms with van der Waals surface area (Å²) in [4.78, 5) is 4.50. The predicted molar refractivity (Wildman–Crippen MR) is 75.7 cm³/mol. The van der Waals surface area contributed by atoms with Gasteiger partial charge in [0.05, 0.1) is 5.92 Å². The fourth-order valence-corrected chi connectivity index (χ4v) is 2.31. The van der Waals surface area contributed by atoms with Crippen molar-refractivity contribution in [2.24, 2.45) is 11.7 Å². The van der Waals surface area contributed by atoms with Gasteiger partial charge in [-0.1, -0.05) is 48.8 Å². The molecule has 2 atom stereocenters. The Hall–Kier alpha value is -1.68. The molecule has 2 aromatic rings. The van der Waals surface area contributed by atoms with Crippen LogP contribution >= 0.6 is 0 Å². The van der Waals surface area contributed by atoms with Crippen LogP contribution in [0.1, 0.15) is 38.1 Å². The Balaban J connectivity index is 2.30. The normalized spacial score (nSPS) is 14.6. The van der Waals surface area contributed by atoms with Gasteiger partial charge in [0.15, 0.2) is 0 Å². The molecule has 2 N–H and O–H groups in total. The minimum absolute atomic E-state index is 0.00804. The van der Waals surface area contributed by atoms with Crippen LogP contribution in [-0.2, 0) is 0 Å². The van der Waals surface area contributed by atoms with Crippen LogP contribution in [0.15, 0.2) is 28.8 Å². The van der Waals surface area contributed by atoms with Crippen molar-refractivity contribution in [1.82, 2.24) is 10.1 Å². The van der Waals surface area contributed by atoms with Gasteiger partial charge in [-0.2, -0.15) is 4.98 Å². The second kappa shape index (κ2) is 5.53. The van der Waals surface area contributed by atoms with E-state index in [1.807, 2.05) is 31.2 Å². The van der Waals surface area contributed by atoms with Crippen LogP contribution < -0.4 is 5.73 Å². The Morgan fingerprint density at radius 1 is 1.11 bits per heavy atom. The number of nitrogens with two attached hydrogens (primary N) is 1. The fraction of sp³-hybridized carbons (Fsp3) is 0.467. The smallest absolute Gasteiger partial charge is 0.231 e. The molecule has 0 aliphatic heterocycles. The number of nitrogens with zero attached hydrogens (tertiary/aromatic N) is 2. The maximum absolute atomic E-state index is 6.01. The molecule has 19 heavy (non-hydrogen) atoms. The molecule has 2 unspecified atom stereocenters. The first kappa shape index (κ1) is 13.7. The van der Waals surface area contributed by atoms with E-state index in [0.29, 0.717) is 17.6 Å². The van der Waals surface area contributed by atoms with Crippen LogP contribution in [0.5, 0.6) is 0 Å². The minimum atomic E-state index is -0.00804. The van der Waals surface area contributed by atoms with E-state index < -0.39 is 0 Å². The van der Waals surface area contributed by atoms with E-state index in [1.54, 1.807) is 0 Å². The summed E-state index contributed by atoms with van der Waals surface area (Å²) in [6, 6.07) is 8.07. The van der Waals surface area contributed by atoms with Crippen LogP contribution in [0, 0.1) is 12.8 Å². The second-order valence-electron chi connectivity index (χ2n) is 5.45. The van der Waals surface area contributed by atoms with Crippen molar-refractivity contribution < 1.29 is 4.52 Å². The number of aryl methyl sites for hydroxylation is 1. The highest BCUT2D eigenvalue weighted by Crippen LogP contribution is 2.27. The van der Waals surface area contributed by atoms with E-state index in [9.17, 15) is 0 Å². The topological polar surface area (TPSA) is 64.9 Å². The summed E-state index contributed by atoms with van der Waals surface area (Å²) >= 11 is 0. The van der Waals surface area contributed by atoms with Gasteiger partial charge in [-0.25, -0.2) is 0 Å². The lowest BCUT2D eigenvalue weighted by molar-refractivity contribution is 0.300. The van der Waals surface area contributed by atoms with E-state index in [1.165, 1.54) is 5.56 Å². The summed E-state index contributed by atoms with van der Waals surface area (Å²) in [5.41, 5.74) is 8.19. The monoisotopic (exact) mass is 259 g/mol. The SMILES string of the molecule is Cc1ccc(-c2noc(C(C(C)C)C(C)N)n2)cc1. The highest BCUT2D eigenvalue weighted by Gasteiger charge is 2.26. The van der Waals surface area contributed by atoms with Gasteiger partial charge in [-0.05, 0) is 19.8 Å². The van der Waals surface area contributed by atoms with Gasteiger partial charge >= 0.3 is 0 Å². The summed E-state index contributed by atoms with van der Waals surface area (Å²) in [6.07, 6.45) is 0. The highest BCUT2D eigenvalue weighted by molar-refractivity contribution is 5.54. The second-order valence-corrected chi connectivity index (χ2v) is 5.45. The molecule has 0 saturated heterocycles. The van der Waals surface area contributed by atoms with Crippen molar-refractivity contribution in [3.8, 4) is 11.4 Å². The maximum atomic E-state index is 6.01. The van der Waals surface area contributed by atoms with Gasteiger partial charge in [0.2, 0.25) is 11.7 Å². The first-order valence-corrected chi connectivity index (χ1v) is 6.65. The van der Waals surface area contributed by atoms with E-state index in [0.717, 1.165) is 5.56 Å². The lowest BCUT2D eigenvalue weighted by Gasteiger charge is -2.20. The quantitative estimate of drug-likeness (QED) is 0.916. The van der Waals surface area contributed by atoms with Crippen molar-refractivity contribution in [3.63, 3.8) is 0 Å². The van der Waals surface area contributed by atoms with E-state index >= 15 is 0 Å². The molecule has 0 bridgehead atoms. The van der Waals surface area contributed by atoms with Crippen molar-refractivity contribution in [3.05, 3.63) is 35.7 Å². The molecule has 2 rings (SSSR count). The summed E-state index contributed by atoms with van der Waals surface area (Å²) < 4.78 is 5.39. The summed E-state index contributed by atoms with van der Waals surface area (Å²) in [5.74, 6) is 1.71. The zero-order chi connectivity index (χ0) is 14.0. The first-order chi connectivity index (χ1) is 8.99. The Morgan fingerprint density at radius 2 is 1.74 bits per heavy atom. The third kappa shape index (κ3) is 3.01. The lowest BCUT2D eigenvalue weighted by Crippen LogP contribution is -2.28. The van der Waals surface area contributed by atoms with E-state index in [2.05, 4.69) is 30.9 Å². The fourth-order valence-electron chi connectivity index (χ4n) is 2.31. The van der Waals surface area contributed by atoms with E-state index in [4.69, 9.17) is 10.3 Å². The third-order valence-electron chi connectivity index (χ3n) is 3.32. The van der Waals surface area contributed by atoms with Gasteiger partial charge < -0.3 is 10.3 Å². The van der Waals surface area contributed by atoms with Gasteiger partial charge in [0, 0.05) is 11.6 Å². The standard InChI is InChI=1S/C15H21N3O/c1-9(2)13(11(4)16)15-17-14(18-19-15)12-7-5-10(3)6-8-12/h5-9,11,13H,16H2,1-4H3.